The summed E-state index contributed by atoms with van der Waals surface area (Å²) in [5.41, 5.74) is -1.04. The second-order valence-corrected chi connectivity index (χ2v) is 8.13. The number of hydrogen-bond acceptors (Lipinski definition) is 7. The van der Waals surface area contributed by atoms with E-state index in [1.165, 1.54) is 0 Å². The van der Waals surface area contributed by atoms with E-state index in [9.17, 15) is 18.9 Å². The molecule has 3 heterocycles. The van der Waals surface area contributed by atoms with Crippen molar-refractivity contribution in [2.75, 3.05) is 6.61 Å². The molecule has 2 aromatic rings. The van der Waals surface area contributed by atoms with E-state index in [4.69, 9.17) is 18.3 Å². The molecule has 2 saturated heterocycles. The number of nitrogens with zero attached hydrogens (tertiary/aromatic N) is 1. The molecule has 4 rings (SSSR count). The minimum absolute atomic E-state index is 0.0132. The molecule has 0 aliphatic carbocycles. The molecule has 27 heavy (non-hydrogen) atoms. The predicted octanol–water partition coefficient (Wildman–Crippen LogP) is 0.998. The minimum atomic E-state index is -3.87. The second kappa shape index (κ2) is 7.23. The van der Waals surface area contributed by atoms with Crippen molar-refractivity contribution in [3.63, 3.8) is 0 Å². The van der Waals surface area contributed by atoms with Gasteiger partial charge in [0.2, 0.25) is 0 Å². The van der Waals surface area contributed by atoms with Crippen LogP contribution in [-0.2, 0) is 24.9 Å². The van der Waals surface area contributed by atoms with E-state index >= 15 is 0 Å². The van der Waals surface area contributed by atoms with Gasteiger partial charge in [0.1, 0.15) is 0 Å². The number of nitrogens with one attached hydrogen (secondary N) is 1. The van der Waals surface area contributed by atoms with Gasteiger partial charge in [-0.1, -0.05) is 0 Å². The Morgan fingerprint density at radius 2 is 2.07 bits per heavy atom. The third kappa shape index (κ3) is 3.86. The number of ether oxygens (including phenoxy) is 1. The molecule has 11 heteroatoms. The molecule has 0 saturated carbocycles. The van der Waals surface area contributed by atoms with Gasteiger partial charge in [-0.3, -0.25) is 0 Å². The Morgan fingerprint density at radius 1 is 1.30 bits per heavy atom. The number of fused-ring (bicyclic) bond motifs is 1. The summed E-state index contributed by atoms with van der Waals surface area (Å²) < 4.78 is 36.6. The van der Waals surface area contributed by atoms with Crippen LogP contribution in [-0.4, -0.2) is 33.3 Å². The first kappa shape index (κ1) is 18.4. The summed E-state index contributed by atoms with van der Waals surface area (Å²) in [7, 11) is -3.87. The van der Waals surface area contributed by atoms with Crippen LogP contribution >= 0.6 is 8.17 Å². The Labute approximate surface area is 152 Å². The van der Waals surface area contributed by atoms with Crippen molar-refractivity contribution in [2.45, 2.75) is 31.5 Å². The molecule has 2 aliphatic heterocycles. The van der Waals surface area contributed by atoms with E-state index in [0.29, 0.717) is 0 Å². The fourth-order valence-electron chi connectivity index (χ4n) is 3.06. The van der Waals surface area contributed by atoms with Gasteiger partial charge in [-0.15, -0.1) is 0 Å². The van der Waals surface area contributed by atoms with Crippen molar-refractivity contribution in [1.82, 2.24) is 9.55 Å². The van der Waals surface area contributed by atoms with Crippen LogP contribution in [0.15, 0.2) is 46.1 Å². The molecule has 2 aliphatic rings. The fraction of sp³-hybridized carbons (Fsp3) is 0.375. The van der Waals surface area contributed by atoms with E-state index in [0.717, 1.165) is 16.3 Å². The quantitative estimate of drug-likeness (QED) is 0.737. The fourth-order valence-corrected chi connectivity index (χ4v) is 4.63. The molecule has 0 amide bonds. The Kier molecular flexibility index (Phi) is 4.94. The van der Waals surface area contributed by atoms with E-state index in [1.54, 1.807) is 0 Å². The van der Waals surface area contributed by atoms with Crippen molar-refractivity contribution in [3.05, 3.63) is 68.7 Å². The van der Waals surface area contributed by atoms with Gasteiger partial charge in [0, 0.05) is 0 Å². The van der Waals surface area contributed by atoms with Crippen LogP contribution in [0.3, 0.4) is 0 Å². The van der Waals surface area contributed by atoms with Gasteiger partial charge >= 0.3 is 152 Å². The third-order valence-corrected chi connectivity index (χ3v) is 6.05. The Balaban J connectivity index is 1.44. The van der Waals surface area contributed by atoms with Gasteiger partial charge in [-0.25, -0.2) is 0 Å². The molecule has 0 unspecified atom stereocenters. The van der Waals surface area contributed by atoms with Crippen LogP contribution in [0.25, 0.3) is 0 Å². The topological polar surface area (TPSA) is 112 Å². The van der Waals surface area contributed by atoms with Gasteiger partial charge in [-0.05, 0) is 0 Å². The molecule has 9 nitrogen and oxygen atoms in total. The molecule has 146 valence electrons. The van der Waals surface area contributed by atoms with Crippen molar-refractivity contribution < 1.29 is 27.6 Å². The molecule has 0 bridgehead atoms. The standard InChI is InChI=1S/C16H18FN2O7P/c17-11-7-19(16(21)18-15(11)20)14-6-12-13(25-14)9-24-27(22,26-12)23-8-10-4-2-1-3-5-10/h1-5,7,12-14,22,27H,6,8-9H2,(H,18,20,21)/t12-,13+,14+/m0/s1. The van der Waals surface area contributed by atoms with Crippen molar-refractivity contribution in [2.24, 2.45) is 0 Å². The zero-order valence-corrected chi connectivity index (χ0v) is 15.0. The predicted molar refractivity (Wildman–Crippen MR) is 92.4 cm³/mol. The Bertz CT molecular complexity index is 936. The van der Waals surface area contributed by atoms with E-state index in [-0.39, 0.29) is 19.6 Å². The molecular formula is C16H18FN2O7P. The zero-order chi connectivity index (χ0) is 19.0. The van der Waals surface area contributed by atoms with Gasteiger partial charge in [-0.2, -0.15) is 0 Å². The second-order valence-electron chi connectivity index (χ2n) is 6.27. The summed E-state index contributed by atoms with van der Waals surface area (Å²) in [5, 5.41) is 0. The summed E-state index contributed by atoms with van der Waals surface area (Å²) in [6, 6.07) is 9.24. The van der Waals surface area contributed by atoms with Crippen LogP contribution < -0.4 is 11.2 Å². The average Bonchev–Trinajstić information content (AvgIpc) is 3.06. The normalized spacial score (nSPS) is 27.9. The van der Waals surface area contributed by atoms with Gasteiger partial charge in [0.15, 0.2) is 0 Å². The molecule has 2 fully saturated rings. The molecule has 2 N–H and O–H groups in total. The average molecular weight is 400 g/mol. The molecule has 3 atom stereocenters. The zero-order valence-electron chi connectivity index (χ0n) is 14.0. The summed E-state index contributed by atoms with van der Waals surface area (Å²) in [6.07, 6.45) is -1.03. The van der Waals surface area contributed by atoms with Crippen LogP contribution in [0.5, 0.6) is 0 Å². The van der Waals surface area contributed by atoms with Crippen molar-refractivity contribution in [3.8, 4) is 0 Å². The molecule has 0 spiro atoms. The number of aromatic nitrogens is 2. The first-order valence-electron chi connectivity index (χ1n) is 8.32. The molecule has 1 aromatic carbocycles. The van der Waals surface area contributed by atoms with Crippen molar-refractivity contribution >= 4 is 8.17 Å². The first-order valence-corrected chi connectivity index (χ1v) is 9.99. The molecule has 0 radical (unpaired) electrons. The van der Waals surface area contributed by atoms with Crippen LogP contribution in [0.2, 0.25) is 0 Å². The Hall–Kier alpha value is -1.94. The third-order valence-electron chi connectivity index (χ3n) is 4.41. The summed E-state index contributed by atoms with van der Waals surface area (Å²) in [6.45, 7) is 0.134. The Morgan fingerprint density at radius 3 is 2.85 bits per heavy atom. The summed E-state index contributed by atoms with van der Waals surface area (Å²) in [4.78, 5) is 35.4. The number of rotatable bonds is 4. The van der Waals surface area contributed by atoms with Crippen LogP contribution in [0, 0.1) is 5.82 Å². The number of hydrogen-bond donors (Lipinski definition) is 2. The first-order chi connectivity index (χ1) is 12.9. The van der Waals surface area contributed by atoms with Crippen LogP contribution in [0.1, 0.15) is 18.2 Å². The summed E-state index contributed by atoms with van der Waals surface area (Å²) >= 11 is 0. The number of benzene rings is 1. The molecular weight excluding hydrogens is 382 g/mol. The van der Waals surface area contributed by atoms with E-state index in [2.05, 4.69) is 0 Å². The van der Waals surface area contributed by atoms with Crippen LogP contribution in [0.4, 0.5) is 4.39 Å². The summed E-state index contributed by atoms with van der Waals surface area (Å²) in [5.74, 6) is -1.10. The van der Waals surface area contributed by atoms with Gasteiger partial charge in [0.25, 0.3) is 0 Å². The number of H-pyrrole nitrogens is 1. The van der Waals surface area contributed by atoms with Gasteiger partial charge < -0.3 is 0 Å². The van der Waals surface area contributed by atoms with Crippen molar-refractivity contribution in [1.29, 1.82) is 0 Å². The molecule has 1 aromatic heterocycles. The maximum atomic E-state index is 13.5. The number of halogens is 1. The van der Waals surface area contributed by atoms with E-state index in [1.807, 2.05) is 35.3 Å². The number of aromatic amines is 1. The monoisotopic (exact) mass is 400 g/mol. The van der Waals surface area contributed by atoms with E-state index < -0.39 is 43.7 Å². The maximum absolute atomic E-state index is 13.5. The van der Waals surface area contributed by atoms with Gasteiger partial charge in [0.05, 0.1) is 0 Å². The SMILES string of the molecule is O=c1[nH]c(=O)n([C@H]2C[C@@H]3O[PH](O)(OCc4ccccc4)OC[C@H]3O2)cc1F.